The van der Waals surface area contributed by atoms with E-state index in [2.05, 4.69) is 26.4 Å². The van der Waals surface area contributed by atoms with Gasteiger partial charge in [0.25, 0.3) is 0 Å². The van der Waals surface area contributed by atoms with Crippen molar-refractivity contribution >= 4 is 5.91 Å². The summed E-state index contributed by atoms with van der Waals surface area (Å²) in [4.78, 5) is 18.5. The lowest BCUT2D eigenvalue weighted by atomic mass is 9.81. The predicted octanol–water partition coefficient (Wildman–Crippen LogP) is 2.39. The second-order valence-electron chi connectivity index (χ2n) is 7.49. The van der Waals surface area contributed by atoms with Crippen LogP contribution in [0.15, 0.2) is 36.8 Å². The maximum atomic E-state index is 12.9. The van der Waals surface area contributed by atoms with E-state index in [1.54, 1.807) is 12.4 Å². The Bertz CT molecular complexity index is 786. The molecule has 0 radical (unpaired) electrons. The Hall–Kier alpha value is -2.35. The normalized spacial score (nSPS) is 22.1. The highest BCUT2D eigenvalue weighted by molar-refractivity contribution is 5.79. The van der Waals surface area contributed by atoms with Gasteiger partial charge in [-0.25, -0.2) is 8.78 Å². The van der Waals surface area contributed by atoms with E-state index in [9.17, 15) is 13.6 Å². The van der Waals surface area contributed by atoms with Gasteiger partial charge in [0.2, 0.25) is 11.8 Å². The molecular weight excluding hydrogens is 352 g/mol. The van der Waals surface area contributed by atoms with Crippen LogP contribution in [-0.4, -0.2) is 44.6 Å². The molecule has 0 spiro atoms. The van der Waals surface area contributed by atoms with Crippen molar-refractivity contribution in [1.29, 1.82) is 0 Å². The number of halogens is 2. The lowest BCUT2D eigenvalue weighted by Crippen LogP contribution is -2.45. The van der Waals surface area contributed by atoms with Crippen molar-refractivity contribution < 1.29 is 13.6 Å². The molecule has 1 saturated carbocycles. The molecule has 2 aromatic heterocycles. The van der Waals surface area contributed by atoms with Crippen LogP contribution in [0.1, 0.15) is 36.6 Å². The van der Waals surface area contributed by atoms with Crippen LogP contribution < -0.4 is 5.32 Å². The first-order valence-corrected chi connectivity index (χ1v) is 9.29. The largest absolute Gasteiger partial charge is 0.356 e. The summed E-state index contributed by atoms with van der Waals surface area (Å²) in [6.07, 6.45) is 5.49. The number of carbonyl (C=O) groups excluding carboxylic acids is 1. The van der Waals surface area contributed by atoms with E-state index < -0.39 is 11.8 Å². The van der Waals surface area contributed by atoms with Gasteiger partial charge < -0.3 is 5.32 Å². The first kappa shape index (κ1) is 18.0. The Morgan fingerprint density at radius 1 is 1.30 bits per heavy atom. The molecule has 1 aliphatic heterocycles. The second-order valence-corrected chi connectivity index (χ2v) is 7.49. The number of hydrogen-bond donors (Lipinski definition) is 1. The minimum atomic E-state index is -2.66. The SMILES string of the molecule is O=C(NCC[C@@H]1CN(Cc2cccnc2)Cc2ccnn21)C1CC(F)(F)C1. The van der Waals surface area contributed by atoms with Crippen molar-refractivity contribution in [3.63, 3.8) is 0 Å². The number of rotatable bonds is 6. The summed E-state index contributed by atoms with van der Waals surface area (Å²) in [6.45, 7) is 2.90. The zero-order valence-corrected chi connectivity index (χ0v) is 15.0. The predicted molar refractivity (Wildman–Crippen MR) is 94.9 cm³/mol. The van der Waals surface area contributed by atoms with Crippen LogP contribution >= 0.6 is 0 Å². The third-order valence-corrected chi connectivity index (χ3v) is 5.32. The smallest absolute Gasteiger partial charge is 0.249 e. The number of fused-ring (bicyclic) bond motifs is 1. The Morgan fingerprint density at radius 2 is 2.15 bits per heavy atom. The molecule has 0 saturated heterocycles. The molecule has 1 aliphatic carbocycles. The van der Waals surface area contributed by atoms with Gasteiger partial charge >= 0.3 is 0 Å². The van der Waals surface area contributed by atoms with Gasteiger partial charge in [-0.15, -0.1) is 0 Å². The maximum Gasteiger partial charge on any atom is 0.249 e. The fourth-order valence-electron chi connectivity index (χ4n) is 3.90. The van der Waals surface area contributed by atoms with Crippen LogP contribution in [0.5, 0.6) is 0 Å². The molecular formula is C19H23F2N5O. The molecule has 27 heavy (non-hydrogen) atoms. The molecule has 1 fully saturated rings. The molecule has 0 bridgehead atoms. The molecule has 6 nitrogen and oxygen atoms in total. The highest BCUT2D eigenvalue weighted by Gasteiger charge is 2.48. The molecule has 1 amide bonds. The Kier molecular flexibility index (Phi) is 4.90. The fraction of sp³-hybridized carbons (Fsp3) is 0.526. The molecule has 144 valence electrons. The molecule has 1 atom stereocenters. The molecule has 4 rings (SSSR count). The van der Waals surface area contributed by atoms with Gasteiger partial charge in [-0.2, -0.15) is 5.10 Å². The molecule has 0 unspecified atom stereocenters. The number of pyridine rings is 1. The Labute approximate surface area is 156 Å². The number of nitrogens with one attached hydrogen (secondary N) is 1. The lowest BCUT2D eigenvalue weighted by molar-refractivity contribution is -0.150. The summed E-state index contributed by atoms with van der Waals surface area (Å²) in [7, 11) is 0. The van der Waals surface area contributed by atoms with Gasteiger partial charge in [0.05, 0.1) is 11.7 Å². The molecule has 8 heteroatoms. The van der Waals surface area contributed by atoms with E-state index in [-0.39, 0.29) is 24.8 Å². The average molecular weight is 375 g/mol. The van der Waals surface area contributed by atoms with Crippen LogP contribution in [0.2, 0.25) is 0 Å². The Morgan fingerprint density at radius 3 is 2.89 bits per heavy atom. The topological polar surface area (TPSA) is 63.1 Å². The van der Waals surface area contributed by atoms with E-state index in [4.69, 9.17) is 0 Å². The van der Waals surface area contributed by atoms with Gasteiger partial charge in [-0.05, 0) is 24.1 Å². The summed E-state index contributed by atoms with van der Waals surface area (Å²) in [5.41, 5.74) is 2.29. The average Bonchev–Trinajstić information content (AvgIpc) is 3.09. The number of alkyl halides is 2. The van der Waals surface area contributed by atoms with Crippen LogP contribution in [0.3, 0.4) is 0 Å². The van der Waals surface area contributed by atoms with Crippen molar-refractivity contribution in [2.45, 2.75) is 44.3 Å². The fourth-order valence-corrected chi connectivity index (χ4v) is 3.90. The highest BCUT2D eigenvalue weighted by Crippen LogP contribution is 2.42. The molecule has 2 aliphatic rings. The number of carbonyl (C=O) groups is 1. The zero-order chi connectivity index (χ0) is 18.9. The van der Waals surface area contributed by atoms with Crippen LogP contribution in [0, 0.1) is 5.92 Å². The van der Waals surface area contributed by atoms with Crippen molar-refractivity contribution in [2.24, 2.45) is 5.92 Å². The first-order valence-electron chi connectivity index (χ1n) is 9.29. The third kappa shape index (κ3) is 4.16. The molecule has 0 aromatic carbocycles. The van der Waals surface area contributed by atoms with E-state index in [0.717, 1.165) is 30.9 Å². The Balaban J connectivity index is 1.32. The van der Waals surface area contributed by atoms with Crippen LogP contribution in [0.25, 0.3) is 0 Å². The van der Waals surface area contributed by atoms with Crippen molar-refractivity contribution in [2.75, 3.05) is 13.1 Å². The van der Waals surface area contributed by atoms with Crippen molar-refractivity contribution in [3.05, 3.63) is 48.0 Å². The number of hydrogen-bond acceptors (Lipinski definition) is 4. The highest BCUT2D eigenvalue weighted by atomic mass is 19.3. The minimum absolute atomic E-state index is 0.142. The summed E-state index contributed by atoms with van der Waals surface area (Å²) < 4.78 is 27.8. The maximum absolute atomic E-state index is 12.9. The quantitative estimate of drug-likeness (QED) is 0.842. The van der Waals surface area contributed by atoms with E-state index in [0.29, 0.717) is 13.0 Å². The number of aromatic nitrogens is 3. The third-order valence-electron chi connectivity index (χ3n) is 5.32. The monoisotopic (exact) mass is 375 g/mol. The molecule has 2 aromatic rings. The molecule has 3 heterocycles. The van der Waals surface area contributed by atoms with E-state index in [1.807, 2.05) is 23.0 Å². The van der Waals surface area contributed by atoms with Gasteiger partial charge in [0.1, 0.15) is 0 Å². The van der Waals surface area contributed by atoms with Gasteiger partial charge in [-0.1, -0.05) is 6.07 Å². The van der Waals surface area contributed by atoms with Crippen LogP contribution in [0.4, 0.5) is 8.78 Å². The number of nitrogens with zero attached hydrogens (tertiary/aromatic N) is 4. The second kappa shape index (κ2) is 7.34. The van der Waals surface area contributed by atoms with Gasteiger partial charge in [0.15, 0.2) is 0 Å². The lowest BCUT2D eigenvalue weighted by Gasteiger charge is -2.35. The molecule has 1 N–H and O–H groups in total. The minimum Gasteiger partial charge on any atom is -0.356 e. The van der Waals surface area contributed by atoms with E-state index in [1.165, 1.54) is 0 Å². The van der Waals surface area contributed by atoms with Crippen LogP contribution in [-0.2, 0) is 17.9 Å². The van der Waals surface area contributed by atoms with E-state index >= 15 is 0 Å². The van der Waals surface area contributed by atoms with Gasteiger partial charge in [-0.3, -0.25) is 19.4 Å². The van der Waals surface area contributed by atoms with Gasteiger partial charge in [0, 0.05) is 63.5 Å². The summed E-state index contributed by atoms with van der Waals surface area (Å²) in [6, 6.07) is 6.14. The standard InChI is InChI=1S/C19H23F2N5O/c20-19(21)8-15(9-19)18(27)23-6-3-16-12-25(11-14-2-1-5-22-10-14)13-17-4-7-24-26(16)17/h1-2,4-5,7,10,15-16H,3,6,8-9,11-13H2,(H,23,27)/t16-/m1/s1. The zero-order valence-electron chi connectivity index (χ0n) is 15.0. The summed E-state index contributed by atoms with van der Waals surface area (Å²) >= 11 is 0. The van der Waals surface area contributed by atoms with Crippen molar-refractivity contribution in [3.8, 4) is 0 Å². The summed E-state index contributed by atoms with van der Waals surface area (Å²) in [5.74, 6) is -3.47. The summed E-state index contributed by atoms with van der Waals surface area (Å²) in [5, 5.41) is 7.24. The van der Waals surface area contributed by atoms with Crippen molar-refractivity contribution in [1.82, 2.24) is 25.0 Å². The first-order chi connectivity index (χ1) is 13.0. The number of amides is 1.